The summed E-state index contributed by atoms with van der Waals surface area (Å²) in [5, 5.41) is 2.42. The summed E-state index contributed by atoms with van der Waals surface area (Å²) in [6.07, 6.45) is 0. The van der Waals surface area contributed by atoms with Gasteiger partial charge in [0, 0.05) is 17.3 Å². The molecule has 1 aromatic heterocycles. The molecular weight excluding hydrogens is 356 g/mol. The third-order valence-corrected chi connectivity index (χ3v) is 3.70. The number of Topliss-reactive ketones (excluding diaryl/α,β-unsaturated/α-hetero) is 1. The highest BCUT2D eigenvalue weighted by atomic mass is 19.2. The number of anilines is 1. The largest absolute Gasteiger partial charge is 0.486 e. The number of hydrogen-bond donors (Lipinski definition) is 1. The second-order valence-electron chi connectivity index (χ2n) is 5.72. The second-order valence-corrected chi connectivity index (χ2v) is 5.72. The van der Waals surface area contributed by atoms with E-state index in [9.17, 15) is 18.4 Å². The van der Waals surface area contributed by atoms with E-state index in [0.717, 1.165) is 12.1 Å². The van der Waals surface area contributed by atoms with Crippen LogP contribution in [0.4, 0.5) is 14.5 Å². The molecule has 3 rings (SSSR count). The highest BCUT2D eigenvalue weighted by molar-refractivity contribution is 6.02. The Bertz CT molecular complexity index is 980. The van der Waals surface area contributed by atoms with Crippen LogP contribution >= 0.6 is 0 Å². The average Bonchev–Trinajstić information content (AvgIpc) is 3.12. The van der Waals surface area contributed by atoms with E-state index >= 15 is 0 Å². The first kappa shape index (κ1) is 18.3. The molecule has 0 bridgehead atoms. The number of amides is 1. The van der Waals surface area contributed by atoms with Gasteiger partial charge in [0.05, 0.1) is 0 Å². The number of carbonyl (C=O) groups excluding carboxylic acids is 2. The van der Waals surface area contributed by atoms with Crippen molar-refractivity contribution in [3.05, 3.63) is 83.3 Å². The van der Waals surface area contributed by atoms with Gasteiger partial charge in [0.1, 0.15) is 18.1 Å². The van der Waals surface area contributed by atoms with Crippen molar-refractivity contribution in [2.24, 2.45) is 0 Å². The number of carbonyl (C=O) groups is 2. The Labute approximate surface area is 153 Å². The van der Waals surface area contributed by atoms with Gasteiger partial charge < -0.3 is 14.5 Å². The van der Waals surface area contributed by atoms with Crippen LogP contribution in [0.3, 0.4) is 0 Å². The summed E-state index contributed by atoms with van der Waals surface area (Å²) >= 11 is 0. The maximum atomic E-state index is 13.2. The first-order valence-corrected chi connectivity index (χ1v) is 8.01. The van der Waals surface area contributed by atoms with Gasteiger partial charge in [-0.3, -0.25) is 9.59 Å². The molecule has 3 aromatic rings. The highest BCUT2D eigenvalue weighted by Crippen LogP contribution is 2.18. The van der Waals surface area contributed by atoms with Crippen LogP contribution in [0.1, 0.15) is 33.6 Å². The Morgan fingerprint density at radius 1 is 1.00 bits per heavy atom. The monoisotopic (exact) mass is 371 g/mol. The van der Waals surface area contributed by atoms with Gasteiger partial charge in [-0.15, -0.1) is 0 Å². The quantitative estimate of drug-likeness (QED) is 0.644. The van der Waals surface area contributed by atoms with Crippen LogP contribution in [-0.2, 0) is 6.61 Å². The lowest BCUT2D eigenvalue weighted by molar-refractivity contribution is 0.0990. The van der Waals surface area contributed by atoms with Crippen molar-refractivity contribution in [3.63, 3.8) is 0 Å². The lowest BCUT2D eigenvalue weighted by atomic mass is 10.1. The zero-order valence-corrected chi connectivity index (χ0v) is 14.3. The van der Waals surface area contributed by atoms with Crippen LogP contribution in [0.25, 0.3) is 0 Å². The molecule has 138 valence electrons. The Morgan fingerprint density at radius 3 is 2.41 bits per heavy atom. The van der Waals surface area contributed by atoms with Gasteiger partial charge >= 0.3 is 0 Å². The van der Waals surface area contributed by atoms with Crippen LogP contribution in [0, 0.1) is 11.6 Å². The van der Waals surface area contributed by atoms with Crippen molar-refractivity contribution in [1.82, 2.24) is 0 Å². The van der Waals surface area contributed by atoms with E-state index < -0.39 is 17.5 Å². The van der Waals surface area contributed by atoms with Crippen LogP contribution in [0.15, 0.2) is 59.0 Å². The summed E-state index contributed by atoms with van der Waals surface area (Å²) in [7, 11) is 0. The SMILES string of the molecule is CC(=O)c1ccc(OCc2ccc(C(=O)Nc3ccc(F)c(F)c3)o2)cc1. The fraction of sp³-hybridized carbons (Fsp3) is 0.100. The molecule has 0 unspecified atom stereocenters. The Morgan fingerprint density at radius 2 is 1.74 bits per heavy atom. The van der Waals surface area contributed by atoms with E-state index in [1.807, 2.05) is 0 Å². The Kier molecular flexibility index (Phi) is 5.30. The molecule has 0 aliphatic rings. The standard InChI is InChI=1S/C20H15F2NO4/c1-12(24)13-2-5-15(6-3-13)26-11-16-7-9-19(27-16)20(25)23-14-4-8-17(21)18(22)10-14/h2-10H,11H2,1H3,(H,23,25). The van der Waals surface area contributed by atoms with E-state index in [1.165, 1.54) is 19.1 Å². The lowest BCUT2D eigenvalue weighted by Gasteiger charge is -2.05. The zero-order chi connectivity index (χ0) is 19.4. The first-order valence-electron chi connectivity index (χ1n) is 8.01. The molecule has 0 fully saturated rings. The molecule has 1 amide bonds. The van der Waals surface area contributed by atoms with Gasteiger partial charge in [-0.2, -0.15) is 0 Å². The molecule has 0 saturated heterocycles. The summed E-state index contributed by atoms with van der Waals surface area (Å²) in [6.45, 7) is 1.56. The predicted molar refractivity (Wildman–Crippen MR) is 93.8 cm³/mol. The molecule has 0 aliphatic carbocycles. The van der Waals surface area contributed by atoms with E-state index in [2.05, 4.69) is 5.32 Å². The molecule has 27 heavy (non-hydrogen) atoms. The summed E-state index contributed by atoms with van der Waals surface area (Å²) < 4.78 is 37.0. The van der Waals surface area contributed by atoms with Crippen molar-refractivity contribution in [2.45, 2.75) is 13.5 Å². The molecule has 1 heterocycles. The number of ether oxygens (including phenoxy) is 1. The summed E-state index contributed by atoms with van der Waals surface area (Å²) in [5.74, 6) is -1.74. The minimum Gasteiger partial charge on any atom is -0.486 e. The van der Waals surface area contributed by atoms with Crippen LogP contribution in [0.5, 0.6) is 5.75 Å². The van der Waals surface area contributed by atoms with Crippen molar-refractivity contribution < 1.29 is 27.5 Å². The van der Waals surface area contributed by atoms with Gasteiger partial charge in [-0.1, -0.05) is 0 Å². The number of benzene rings is 2. The third kappa shape index (κ3) is 4.58. The number of ketones is 1. The van der Waals surface area contributed by atoms with Gasteiger partial charge in [-0.25, -0.2) is 8.78 Å². The second kappa shape index (κ2) is 7.82. The predicted octanol–water partition coefficient (Wildman–Crippen LogP) is 4.59. The first-order chi connectivity index (χ1) is 12.9. The molecule has 5 nitrogen and oxygen atoms in total. The van der Waals surface area contributed by atoms with Crippen molar-refractivity contribution >= 4 is 17.4 Å². The van der Waals surface area contributed by atoms with Crippen molar-refractivity contribution in [1.29, 1.82) is 0 Å². The van der Waals surface area contributed by atoms with Crippen LogP contribution < -0.4 is 10.1 Å². The fourth-order valence-corrected chi connectivity index (χ4v) is 2.28. The third-order valence-electron chi connectivity index (χ3n) is 3.70. The summed E-state index contributed by atoms with van der Waals surface area (Å²) in [5.41, 5.74) is 0.690. The molecule has 2 aromatic carbocycles. The van der Waals surface area contributed by atoms with E-state index in [0.29, 0.717) is 17.1 Å². The number of nitrogens with one attached hydrogen (secondary N) is 1. The number of rotatable bonds is 6. The lowest BCUT2D eigenvalue weighted by Crippen LogP contribution is -2.11. The fourth-order valence-electron chi connectivity index (χ4n) is 2.28. The normalized spacial score (nSPS) is 10.5. The summed E-state index contributed by atoms with van der Waals surface area (Å²) in [4.78, 5) is 23.3. The molecular formula is C20H15F2NO4. The Hall–Kier alpha value is -3.48. The van der Waals surface area contributed by atoms with Crippen molar-refractivity contribution in [2.75, 3.05) is 5.32 Å². The molecule has 0 aliphatic heterocycles. The van der Waals surface area contributed by atoms with Crippen molar-refractivity contribution in [3.8, 4) is 5.75 Å². The maximum absolute atomic E-state index is 13.2. The van der Waals surface area contributed by atoms with Gasteiger partial charge in [-0.05, 0) is 55.5 Å². The number of hydrogen-bond acceptors (Lipinski definition) is 4. The molecule has 7 heteroatoms. The van der Waals surface area contributed by atoms with Gasteiger partial charge in [0.25, 0.3) is 5.91 Å². The Balaban J connectivity index is 1.59. The minimum atomic E-state index is -1.06. The topological polar surface area (TPSA) is 68.5 Å². The molecule has 1 N–H and O–H groups in total. The van der Waals surface area contributed by atoms with E-state index in [-0.39, 0.29) is 23.8 Å². The molecule has 0 radical (unpaired) electrons. The van der Waals surface area contributed by atoms with Crippen LogP contribution in [0.2, 0.25) is 0 Å². The molecule has 0 atom stereocenters. The minimum absolute atomic E-state index is 0.00487. The van der Waals surface area contributed by atoms with E-state index in [1.54, 1.807) is 30.3 Å². The van der Waals surface area contributed by atoms with E-state index in [4.69, 9.17) is 9.15 Å². The zero-order valence-electron chi connectivity index (χ0n) is 14.3. The van der Waals surface area contributed by atoms with Gasteiger partial charge in [0.15, 0.2) is 23.2 Å². The summed E-state index contributed by atoms with van der Waals surface area (Å²) in [6, 6.07) is 12.7. The number of halogens is 2. The highest BCUT2D eigenvalue weighted by Gasteiger charge is 2.13. The number of furan rings is 1. The van der Waals surface area contributed by atoms with Crippen LogP contribution in [-0.4, -0.2) is 11.7 Å². The smallest absolute Gasteiger partial charge is 0.291 e. The van der Waals surface area contributed by atoms with Gasteiger partial charge in [0.2, 0.25) is 0 Å². The maximum Gasteiger partial charge on any atom is 0.291 e. The molecule has 0 saturated carbocycles. The molecule has 0 spiro atoms. The average molecular weight is 371 g/mol.